The third-order valence-corrected chi connectivity index (χ3v) is 4.61. The van der Waals surface area contributed by atoms with Crippen LogP contribution in [0.5, 0.6) is 10.9 Å². The van der Waals surface area contributed by atoms with E-state index in [-0.39, 0.29) is 5.91 Å². The van der Waals surface area contributed by atoms with E-state index in [0.29, 0.717) is 23.1 Å². The number of thiazole rings is 1. The molecule has 3 heterocycles. The van der Waals surface area contributed by atoms with Crippen molar-refractivity contribution >= 4 is 17.2 Å². The molecule has 1 aromatic carbocycles. The summed E-state index contributed by atoms with van der Waals surface area (Å²) < 4.78 is 5.60. The molecule has 0 radical (unpaired) electrons. The van der Waals surface area contributed by atoms with E-state index in [1.54, 1.807) is 49.1 Å². The van der Waals surface area contributed by atoms with Crippen molar-refractivity contribution < 1.29 is 9.53 Å². The average molecular weight is 388 g/mol. The van der Waals surface area contributed by atoms with Gasteiger partial charge in [-0.05, 0) is 54.1 Å². The Morgan fingerprint density at radius 3 is 2.68 bits per heavy atom. The zero-order chi connectivity index (χ0) is 19.2. The highest BCUT2D eigenvalue weighted by Crippen LogP contribution is 2.23. The Kier molecular flexibility index (Phi) is 5.35. The van der Waals surface area contributed by atoms with Gasteiger partial charge in [-0.3, -0.25) is 14.8 Å². The lowest BCUT2D eigenvalue weighted by Gasteiger charge is -2.08. The molecule has 0 saturated carbocycles. The molecule has 138 valence electrons. The number of nitrogens with zero attached hydrogens (tertiary/aromatic N) is 3. The molecule has 0 unspecified atom stereocenters. The van der Waals surface area contributed by atoms with Gasteiger partial charge < -0.3 is 10.1 Å². The first-order valence-corrected chi connectivity index (χ1v) is 9.47. The summed E-state index contributed by atoms with van der Waals surface area (Å²) in [5, 5.41) is 5.34. The molecule has 0 saturated heterocycles. The molecule has 4 aromatic rings. The van der Waals surface area contributed by atoms with E-state index in [9.17, 15) is 4.79 Å². The van der Waals surface area contributed by atoms with Crippen LogP contribution in [0.3, 0.4) is 0 Å². The Hall–Kier alpha value is -3.58. The molecule has 4 rings (SSSR count). The van der Waals surface area contributed by atoms with Gasteiger partial charge in [-0.2, -0.15) is 0 Å². The van der Waals surface area contributed by atoms with Crippen LogP contribution in [0.2, 0.25) is 0 Å². The fourth-order valence-electron chi connectivity index (χ4n) is 2.58. The topological polar surface area (TPSA) is 77.0 Å². The number of rotatable bonds is 6. The van der Waals surface area contributed by atoms with Gasteiger partial charge in [-0.1, -0.05) is 11.3 Å². The number of carbonyl (C=O) groups excluding carboxylic acids is 1. The van der Waals surface area contributed by atoms with E-state index in [1.807, 2.05) is 29.6 Å². The van der Waals surface area contributed by atoms with Gasteiger partial charge in [0.2, 0.25) is 0 Å². The fraction of sp³-hybridized carbons (Fsp3) is 0.0476. The van der Waals surface area contributed by atoms with Gasteiger partial charge in [0.1, 0.15) is 5.75 Å². The van der Waals surface area contributed by atoms with E-state index < -0.39 is 0 Å². The van der Waals surface area contributed by atoms with Crippen molar-refractivity contribution in [2.45, 2.75) is 6.54 Å². The maximum Gasteiger partial charge on any atom is 0.278 e. The van der Waals surface area contributed by atoms with Gasteiger partial charge in [0, 0.05) is 47.8 Å². The first-order valence-electron chi connectivity index (χ1n) is 8.59. The van der Waals surface area contributed by atoms with E-state index in [4.69, 9.17) is 4.74 Å². The number of benzene rings is 1. The minimum absolute atomic E-state index is 0.152. The predicted octanol–water partition coefficient (Wildman–Crippen LogP) is 4.32. The number of hydrogen-bond acceptors (Lipinski definition) is 6. The molecule has 0 atom stereocenters. The summed E-state index contributed by atoms with van der Waals surface area (Å²) in [6.07, 6.45) is 6.90. The lowest BCUT2D eigenvalue weighted by atomic mass is 10.1. The lowest BCUT2D eigenvalue weighted by Crippen LogP contribution is -2.22. The van der Waals surface area contributed by atoms with Gasteiger partial charge in [0.15, 0.2) is 0 Å². The van der Waals surface area contributed by atoms with Gasteiger partial charge in [0.25, 0.3) is 11.1 Å². The second-order valence-corrected chi connectivity index (χ2v) is 6.76. The Bertz CT molecular complexity index is 1050. The number of pyridine rings is 2. The van der Waals surface area contributed by atoms with Crippen molar-refractivity contribution in [2.75, 3.05) is 0 Å². The summed E-state index contributed by atoms with van der Waals surface area (Å²) >= 11 is 1.41. The summed E-state index contributed by atoms with van der Waals surface area (Å²) in [6.45, 7) is 0.409. The molecule has 1 amide bonds. The van der Waals surface area contributed by atoms with Gasteiger partial charge in [0.05, 0.1) is 5.69 Å². The summed E-state index contributed by atoms with van der Waals surface area (Å²) in [5.74, 6) is 0.488. The second kappa shape index (κ2) is 8.41. The van der Waals surface area contributed by atoms with E-state index in [1.165, 1.54) is 11.3 Å². The molecular weight excluding hydrogens is 372 g/mol. The molecule has 1 N–H and O–H groups in total. The number of carbonyl (C=O) groups is 1. The van der Waals surface area contributed by atoms with Crippen LogP contribution in [-0.2, 0) is 6.54 Å². The number of aromatic nitrogens is 3. The molecule has 28 heavy (non-hydrogen) atoms. The Morgan fingerprint density at radius 1 is 1.04 bits per heavy atom. The lowest BCUT2D eigenvalue weighted by molar-refractivity contribution is 0.0951. The van der Waals surface area contributed by atoms with Crippen LogP contribution in [0.1, 0.15) is 15.9 Å². The Morgan fingerprint density at radius 2 is 1.93 bits per heavy atom. The van der Waals surface area contributed by atoms with Crippen molar-refractivity contribution in [2.24, 2.45) is 0 Å². The monoisotopic (exact) mass is 388 g/mol. The summed E-state index contributed by atoms with van der Waals surface area (Å²) in [4.78, 5) is 25.0. The fourth-order valence-corrected chi connectivity index (χ4v) is 3.08. The van der Waals surface area contributed by atoms with Crippen LogP contribution in [-0.4, -0.2) is 20.9 Å². The SMILES string of the molecule is O=C(NCc1ccnc(-c2cccnc2)c1)c1ccc(Oc2nccs2)cc1. The standard InChI is InChI=1S/C21H16N4O2S/c26-20(16-3-5-18(6-4-16)27-21-24-10-11-28-21)25-13-15-7-9-23-19(12-15)17-2-1-8-22-14-17/h1-12,14H,13H2,(H,25,26). The number of nitrogens with one attached hydrogen (secondary N) is 1. The zero-order valence-corrected chi connectivity index (χ0v) is 15.6. The number of ether oxygens (including phenoxy) is 1. The molecular formula is C21H16N4O2S. The number of hydrogen-bond donors (Lipinski definition) is 1. The van der Waals surface area contributed by atoms with E-state index >= 15 is 0 Å². The van der Waals surface area contributed by atoms with Crippen LogP contribution in [0.4, 0.5) is 0 Å². The van der Waals surface area contributed by atoms with Crippen molar-refractivity contribution in [3.05, 3.63) is 89.8 Å². The predicted molar refractivity (Wildman–Crippen MR) is 107 cm³/mol. The largest absolute Gasteiger partial charge is 0.431 e. The molecule has 0 fully saturated rings. The minimum atomic E-state index is -0.152. The quantitative estimate of drug-likeness (QED) is 0.532. The summed E-state index contributed by atoms with van der Waals surface area (Å²) in [7, 11) is 0. The van der Waals surface area contributed by atoms with Gasteiger partial charge in [-0.25, -0.2) is 4.98 Å². The van der Waals surface area contributed by atoms with Crippen molar-refractivity contribution in [1.29, 1.82) is 0 Å². The zero-order valence-electron chi connectivity index (χ0n) is 14.8. The highest BCUT2D eigenvalue weighted by atomic mass is 32.1. The third-order valence-electron chi connectivity index (χ3n) is 3.97. The maximum absolute atomic E-state index is 12.4. The van der Waals surface area contributed by atoms with Gasteiger partial charge in [-0.15, -0.1) is 0 Å². The maximum atomic E-state index is 12.4. The van der Waals surface area contributed by atoms with E-state index in [0.717, 1.165) is 16.8 Å². The first kappa shape index (κ1) is 17.8. The molecule has 0 aliphatic rings. The number of amides is 1. The molecule has 0 aliphatic carbocycles. The molecule has 0 bridgehead atoms. The van der Waals surface area contributed by atoms with Crippen molar-refractivity contribution in [1.82, 2.24) is 20.3 Å². The second-order valence-electron chi connectivity index (χ2n) is 5.90. The van der Waals surface area contributed by atoms with Crippen LogP contribution in [0, 0.1) is 0 Å². The molecule has 0 spiro atoms. The van der Waals surface area contributed by atoms with Crippen molar-refractivity contribution in [3.63, 3.8) is 0 Å². The van der Waals surface area contributed by atoms with Crippen LogP contribution in [0.25, 0.3) is 11.3 Å². The van der Waals surface area contributed by atoms with Crippen molar-refractivity contribution in [3.8, 4) is 22.2 Å². The smallest absolute Gasteiger partial charge is 0.278 e. The summed E-state index contributed by atoms with van der Waals surface area (Å²) in [6, 6.07) is 14.6. The molecule has 7 heteroatoms. The Labute approximate surface area is 165 Å². The minimum Gasteiger partial charge on any atom is -0.431 e. The third kappa shape index (κ3) is 4.39. The van der Waals surface area contributed by atoms with Crippen LogP contribution in [0.15, 0.2) is 78.7 Å². The normalized spacial score (nSPS) is 10.4. The van der Waals surface area contributed by atoms with Gasteiger partial charge >= 0.3 is 0 Å². The first-order chi connectivity index (χ1) is 13.8. The average Bonchev–Trinajstić information content (AvgIpc) is 3.26. The van der Waals surface area contributed by atoms with E-state index in [2.05, 4.69) is 20.3 Å². The molecule has 3 aromatic heterocycles. The Balaban J connectivity index is 1.38. The van der Waals surface area contributed by atoms with Crippen LogP contribution >= 0.6 is 11.3 Å². The summed E-state index contributed by atoms with van der Waals surface area (Å²) in [5.41, 5.74) is 3.29. The highest BCUT2D eigenvalue weighted by molar-refractivity contribution is 7.11. The molecule has 6 nitrogen and oxygen atoms in total. The van der Waals surface area contributed by atoms with Crippen LogP contribution < -0.4 is 10.1 Å². The highest BCUT2D eigenvalue weighted by Gasteiger charge is 2.07. The molecule has 0 aliphatic heterocycles.